The monoisotopic (exact) mass is 398 g/mol. The summed E-state index contributed by atoms with van der Waals surface area (Å²) in [6.45, 7) is 6.93. The summed E-state index contributed by atoms with van der Waals surface area (Å²) in [7, 11) is 0. The third kappa shape index (κ3) is 5.93. The molecule has 1 N–H and O–H groups in total. The summed E-state index contributed by atoms with van der Waals surface area (Å²) < 4.78 is 11.2. The molecule has 2 aromatic rings. The lowest BCUT2D eigenvalue weighted by Gasteiger charge is -2.20. The molecule has 0 fully saturated rings. The molecule has 1 atom stereocenters. The molecule has 0 bridgehead atoms. The first-order valence-corrected chi connectivity index (χ1v) is 10.4. The number of esters is 1. The fraction of sp³-hybridized carbons (Fsp3) is 0.364. The largest absolute Gasteiger partial charge is 0.492 e. The van der Waals surface area contributed by atoms with Crippen molar-refractivity contribution in [3.8, 4) is 11.8 Å². The summed E-state index contributed by atoms with van der Waals surface area (Å²) in [6.07, 6.45) is 1.98. The van der Waals surface area contributed by atoms with Gasteiger partial charge in [0.2, 0.25) is 0 Å². The summed E-state index contributed by atoms with van der Waals surface area (Å²) in [6, 6.07) is 14.1. The Labute approximate surface area is 171 Å². The molecule has 0 aromatic heterocycles. The highest BCUT2D eigenvalue weighted by atomic mass is 32.2. The average molecular weight is 399 g/mol. The van der Waals surface area contributed by atoms with Crippen molar-refractivity contribution in [3.63, 3.8) is 0 Å². The molecular weight excluding hydrogens is 372 g/mol. The quantitative estimate of drug-likeness (QED) is 0.472. The van der Waals surface area contributed by atoms with Gasteiger partial charge >= 0.3 is 5.97 Å². The van der Waals surface area contributed by atoms with E-state index in [9.17, 15) is 4.79 Å². The lowest BCUT2D eigenvalue weighted by atomic mass is 10.1. The number of carbonyl (C=O) groups is 1. The molecule has 0 aliphatic carbocycles. The van der Waals surface area contributed by atoms with Crippen LogP contribution in [0.3, 0.4) is 0 Å². The van der Waals surface area contributed by atoms with Crippen LogP contribution in [-0.2, 0) is 9.53 Å². The van der Waals surface area contributed by atoms with Gasteiger partial charge in [-0.25, -0.2) is 4.79 Å². The van der Waals surface area contributed by atoms with E-state index < -0.39 is 6.04 Å². The van der Waals surface area contributed by atoms with Gasteiger partial charge in [0.05, 0.1) is 24.8 Å². The van der Waals surface area contributed by atoms with Crippen LogP contribution >= 0.6 is 11.8 Å². The standard InChI is InChI=1S/C22H26N2O3S/c1-5-26-22(25)21(24-18-9-6-16(13-23)7-10-18)17-8-11-19(20(12-17)28-4)27-14-15(2)3/h6-12,15,21,24H,5,14H2,1-4H3. The summed E-state index contributed by atoms with van der Waals surface area (Å²) in [5, 5.41) is 12.2. The van der Waals surface area contributed by atoms with E-state index in [0.29, 0.717) is 24.7 Å². The fourth-order valence-corrected chi connectivity index (χ4v) is 3.13. The third-order valence-electron chi connectivity index (χ3n) is 3.94. The number of carbonyl (C=O) groups excluding carboxylic acids is 1. The molecule has 28 heavy (non-hydrogen) atoms. The summed E-state index contributed by atoms with van der Waals surface area (Å²) in [4.78, 5) is 13.6. The first-order valence-electron chi connectivity index (χ1n) is 9.22. The summed E-state index contributed by atoms with van der Waals surface area (Å²) in [5.74, 6) is 0.889. The zero-order valence-corrected chi connectivity index (χ0v) is 17.5. The Morgan fingerprint density at radius 2 is 1.93 bits per heavy atom. The molecule has 1 unspecified atom stereocenters. The van der Waals surface area contributed by atoms with E-state index in [2.05, 4.69) is 25.2 Å². The Kier molecular flexibility index (Phi) is 8.21. The van der Waals surface area contributed by atoms with Crippen molar-refractivity contribution in [2.75, 3.05) is 24.8 Å². The van der Waals surface area contributed by atoms with E-state index >= 15 is 0 Å². The second kappa shape index (κ2) is 10.6. The Bertz CT molecular complexity index is 829. The maximum absolute atomic E-state index is 12.6. The van der Waals surface area contributed by atoms with E-state index in [0.717, 1.165) is 21.9 Å². The van der Waals surface area contributed by atoms with Crippen molar-refractivity contribution in [2.24, 2.45) is 5.92 Å². The van der Waals surface area contributed by atoms with Gasteiger partial charge < -0.3 is 14.8 Å². The second-order valence-corrected chi connectivity index (χ2v) is 7.48. The second-order valence-electron chi connectivity index (χ2n) is 6.63. The lowest BCUT2D eigenvalue weighted by molar-refractivity contribution is -0.144. The zero-order valence-electron chi connectivity index (χ0n) is 16.7. The predicted octanol–water partition coefficient (Wildman–Crippen LogP) is 5.03. The number of anilines is 1. The van der Waals surface area contributed by atoms with Crippen LogP contribution in [0.1, 0.15) is 37.9 Å². The van der Waals surface area contributed by atoms with E-state index in [1.165, 1.54) is 0 Å². The van der Waals surface area contributed by atoms with Crippen molar-refractivity contribution in [2.45, 2.75) is 31.7 Å². The van der Waals surface area contributed by atoms with Crippen molar-refractivity contribution < 1.29 is 14.3 Å². The number of nitriles is 1. The van der Waals surface area contributed by atoms with E-state index in [4.69, 9.17) is 14.7 Å². The van der Waals surface area contributed by atoms with Gasteiger partial charge in [0.25, 0.3) is 0 Å². The van der Waals surface area contributed by atoms with Gasteiger partial charge in [-0.3, -0.25) is 0 Å². The molecule has 148 valence electrons. The van der Waals surface area contributed by atoms with Crippen molar-refractivity contribution in [3.05, 3.63) is 53.6 Å². The maximum Gasteiger partial charge on any atom is 0.333 e. The topological polar surface area (TPSA) is 71.3 Å². The Morgan fingerprint density at radius 1 is 1.21 bits per heavy atom. The average Bonchev–Trinajstić information content (AvgIpc) is 2.71. The molecule has 0 saturated heterocycles. The molecule has 0 aliphatic heterocycles. The maximum atomic E-state index is 12.6. The molecule has 2 rings (SSSR count). The third-order valence-corrected chi connectivity index (χ3v) is 4.70. The first-order chi connectivity index (χ1) is 13.5. The minimum absolute atomic E-state index is 0.301. The number of nitrogens with one attached hydrogen (secondary N) is 1. The van der Waals surface area contributed by atoms with Crippen LogP contribution in [0.25, 0.3) is 0 Å². The number of thioether (sulfide) groups is 1. The van der Waals surface area contributed by atoms with Crippen LogP contribution in [0, 0.1) is 17.2 Å². The van der Waals surface area contributed by atoms with Gasteiger partial charge in [0, 0.05) is 10.6 Å². The zero-order chi connectivity index (χ0) is 20.5. The van der Waals surface area contributed by atoms with Crippen molar-refractivity contribution >= 4 is 23.4 Å². The number of rotatable bonds is 9. The number of hydrogen-bond acceptors (Lipinski definition) is 6. The molecule has 0 radical (unpaired) electrons. The van der Waals surface area contributed by atoms with Crippen LogP contribution in [0.5, 0.6) is 5.75 Å². The number of nitrogens with zero attached hydrogens (tertiary/aromatic N) is 1. The predicted molar refractivity (Wildman–Crippen MR) is 113 cm³/mol. The highest BCUT2D eigenvalue weighted by Crippen LogP contribution is 2.32. The lowest BCUT2D eigenvalue weighted by Crippen LogP contribution is -2.23. The molecule has 0 amide bonds. The molecule has 0 heterocycles. The number of benzene rings is 2. The minimum Gasteiger partial charge on any atom is -0.492 e. The Morgan fingerprint density at radius 3 is 2.50 bits per heavy atom. The van der Waals surface area contributed by atoms with Gasteiger partial charge in [-0.2, -0.15) is 5.26 Å². The van der Waals surface area contributed by atoms with Gasteiger partial charge in [-0.15, -0.1) is 11.8 Å². The number of hydrogen-bond donors (Lipinski definition) is 1. The van der Waals surface area contributed by atoms with Crippen LogP contribution < -0.4 is 10.1 Å². The van der Waals surface area contributed by atoms with Gasteiger partial charge in [-0.05, 0) is 61.1 Å². The number of ether oxygens (including phenoxy) is 2. The van der Waals surface area contributed by atoms with E-state index in [1.54, 1.807) is 43.0 Å². The van der Waals surface area contributed by atoms with Crippen LogP contribution in [0.15, 0.2) is 47.4 Å². The van der Waals surface area contributed by atoms with Crippen LogP contribution in [-0.4, -0.2) is 25.4 Å². The molecule has 5 nitrogen and oxygen atoms in total. The normalized spacial score (nSPS) is 11.6. The Balaban J connectivity index is 2.31. The Hall–Kier alpha value is -2.65. The minimum atomic E-state index is -0.655. The molecule has 2 aromatic carbocycles. The highest BCUT2D eigenvalue weighted by molar-refractivity contribution is 7.98. The fourth-order valence-electron chi connectivity index (χ4n) is 2.55. The molecule has 0 saturated carbocycles. The highest BCUT2D eigenvalue weighted by Gasteiger charge is 2.23. The van der Waals surface area contributed by atoms with Gasteiger partial charge in [-0.1, -0.05) is 19.9 Å². The van der Waals surface area contributed by atoms with Crippen LogP contribution in [0.2, 0.25) is 0 Å². The first kappa shape index (κ1) is 21.6. The van der Waals surface area contributed by atoms with Crippen LogP contribution in [0.4, 0.5) is 5.69 Å². The van der Waals surface area contributed by atoms with E-state index in [-0.39, 0.29) is 5.97 Å². The molecule has 6 heteroatoms. The van der Waals surface area contributed by atoms with Gasteiger partial charge in [0.1, 0.15) is 5.75 Å². The smallest absolute Gasteiger partial charge is 0.333 e. The van der Waals surface area contributed by atoms with Gasteiger partial charge in [0.15, 0.2) is 6.04 Å². The molecular formula is C22H26N2O3S. The van der Waals surface area contributed by atoms with Crippen molar-refractivity contribution in [1.82, 2.24) is 0 Å². The molecule has 0 spiro atoms. The van der Waals surface area contributed by atoms with Crippen molar-refractivity contribution in [1.29, 1.82) is 5.26 Å². The molecule has 0 aliphatic rings. The SMILES string of the molecule is CCOC(=O)C(Nc1ccc(C#N)cc1)c1ccc(OCC(C)C)c(SC)c1. The summed E-state index contributed by atoms with van der Waals surface area (Å²) in [5.41, 5.74) is 2.10. The summed E-state index contributed by atoms with van der Waals surface area (Å²) >= 11 is 1.57. The van der Waals surface area contributed by atoms with E-state index in [1.807, 2.05) is 24.5 Å².